The lowest BCUT2D eigenvalue weighted by Gasteiger charge is -2.27. The summed E-state index contributed by atoms with van der Waals surface area (Å²) in [5, 5.41) is 17.1. The van der Waals surface area contributed by atoms with Gasteiger partial charge in [0.15, 0.2) is 0 Å². The van der Waals surface area contributed by atoms with Gasteiger partial charge >= 0.3 is 12.0 Å². The van der Waals surface area contributed by atoms with Gasteiger partial charge in [-0.2, -0.15) is 0 Å². The molecule has 4 N–H and O–H groups in total. The minimum atomic E-state index is -0.898. The molecule has 8 heteroatoms. The second-order valence-corrected chi connectivity index (χ2v) is 5.13. The minimum absolute atomic E-state index is 0.0510. The average Bonchev–Trinajstić information content (AvgIpc) is 2.94. The highest BCUT2D eigenvalue weighted by atomic mass is 16.4. The van der Waals surface area contributed by atoms with Gasteiger partial charge in [0.05, 0.1) is 18.5 Å². The van der Waals surface area contributed by atoms with Crippen LogP contribution in [0.5, 0.6) is 0 Å². The first-order valence-corrected chi connectivity index (χ1v) is 7.00. The molecule has 2 aliphatic rings. The number of hydrogen-bond acceptors (Lipinski definition) is 4. The standard InChI is InChI=1S/C13H20N4O4/c18-11(17-5-3-14-4-6-17)8-15-13(21)16-10-2-1-9(7-10)12(19)20/h1-2,9-10,14H,3-8H2,(H,19,20)(H2,15,16,21). The Bertz CT molecular complexity index is 445. The zero-order valence-corrected chi connectivity index (χ0v) is 11.7. The Morgan fingerprint density at radius 2 is 1.95 bits per heavy atom. The Morgan fingerprint density at radius 3 is 2.57 bits per heavy atom. The Morgan fingerprint density at radius 1 is 1.24 bits per heavy atom. The number of urea groups is 1. The number of aliphatic carboxylic acids is 1. The number of carbonyl (C=O) groups excluding carboxylic acids is 2. The van der Waals surface area contributed by atoms with Crippen molar-refractivity contribution >= 4 is 17.9 Å². The van der Waals surface area contributed by atoms with Crippen LogP contribution in [0.15, 0.2) is 12.2 Å². The molecular formula is C13H20N4O4. The molecule has 2 rings (SSSR count). The number of nitrogens with zero attached hydrogens (tertiary/aromatic N) is 1. The van der Waals surface area contributed by atoms with Gasteiger partial charge in [-0.05, 0) is 6.42 Å². The van der Waals surface area contributed by atoms with Crippen molar-refractivity contribution in [3.05, 3.63) is 12.2 Å². The summed E-state index contributed by atoms with van der Waals surface area (Å²) in [7, 11) is 0. The molecule has 1 fully saturated rings. The number of hydrogen-bond donors (Lipinski definition) is 4. The van der Waals surface area contributed by atoms with Gasteiger partial charge in [-0.25, -0.2) is 4.79 Å². The van der Waals surface area contributed by atoms with E-state index in [4.69, 9.17) is 5.11 Å². The number of carboxylic acids is 1. The van der Waals surface area contributed by atoms with Gasteiger partial charge in [0, 0.05) is 26.2 Å². The van der Waals surface area contributed by atoms with E-state index in [1.807, 2.05) is 0 Å². The summed E-state index contributed by atoms with van der Waals surface area (Å²) in [6.07, 6.45) is 3.57. The highest BCUT2D eigenvalue weighted by Crippen LogP contribution is 2.17. The maximum atomic E-state index is 11.8. The number of rotatable bonds is 4. The van der Waals surface area contributed by atoms with Crippen LogP contribution in [0.1, 0.15) is 6.42 Å². The zero-order valence-electron chi connectivity index (χ0n) is 11.7. The number of amides is 3. The van der Waals surface area contributed by atoms with Crippen molar-refractivity contribution in [3.63, 3.8) is 0 Å². The molecule has 0 aromatic rings. The summed E-state index contributed by atoms with van der Waals surface area (Å²) in [5.41, 5.74) is 0. The summed E-state index contributed by atoms with van der Waals surface area (Å²) in [6.45, 7) is 2.77. The molecule has 0 saturated carbocycles. The maximum Gasteiger partial charge on any atom is 0.315 e. The third kappa shape index (κ3) is 4.45. The summed E-state index contributed by atoms with van der Waals surface area (Å²) >= 11 is 0. The molecule has 1 heterocycles. The van der Waals surface area contributed by atoms with E-state index in [1.54, 1.807) is 17.1 Å². The van der Waals surface area contributed by atoms with Crippen molar-refractivity contribution in [3.8, 4) is 0 Å². The number of carbonyl (C=O) groups is 3. The molecule has 2 unspecified atom stereocenters. The predicted octanol–water partition coefficient (Wildman–Crippen LogP) is -1.25. The maximum absolute atomic E-state index is 11.8. The first kappa shape index (κ1) is 15.3. The third-order valence-electron chi connectivity index (χ3n) is 3.59. The molecule has 0 spiro atoms. The summed E-state index contributed by atoms with van der Waals surface area (Å²) in [5.74, 6) is -1.57. The van der Waals surface area contributed by atoms with E-state index in [-0.39, 0.29) is 18.5 Å². The Hall–Kier alpha value is -2.09. The Balaban J connectivity index is 1.67. The molecule has 2 atom stereocenters. The third-order valence-corrected chi connectivity index (χ3v) is 3.59. The van der Waals surface area contributed by atoms with Crippen molar-refractivity contribution in [2.24, 2.45) is 5.92 Å². The lowest BCUT2D eigenvalue weighted by Crippen LogP contribution is -2.51. The van der Waals surface area contributed by atoms with Crippen LogP contribution in [0.25, 0.3) is 0 Å². The van der Waals surface area contributed by atoms with Crippen LogP contribution in [-0.4, -0.2) is 66.7 Å². The first-order valence-electron chi connectivity index (χ1n) is 7.00. The van der Waals surface area contributed by atoms with Crippen LogP contribution < -0.4 is 16.0 Å². The first-order chi connectivity index (χ1) is 10.1. The predicted molar refractivity (Wildman–Crippen MR) is 74.7 cm³/mol. The topological polar surface area (TPSA) is 111 Å². The smallest absolute Gasteiger partial charge is 0.315 e. The van der Waals surface area contributed by atoms with Gasteiger partial charge in [0.2, 0.25) is 5.91 Å². The highest BCUT2D eigenvalue weighted by molar-refractivity contribution is 5.84. The molecule has 0 radical (unpaired) electrons. The minimum Gasteiger partial charge on any atom is -0.481 e. The quantitative estimate of drug-likeness (QED) is 0.484. The molecule has 8 nitrogen and oxygen atoms in total. The van der Waals surface area contributed by atoms with Gasteiger partial charge in [0.25, 0.3) is 0 Å². The van der Waals surface area contributed by atoms with Crippen LogP contribution in [0.2, 0.25) is 0 Å². The van der Waals surface area contributed by atoms with E-state index in [2.05, 4.69) is 16.0 Å². The normalized spacial score (nSPS) is 24.7. The van der Waals surface area contributed by atoms with Crippen molar-refractivity contribution in [1.82, 2.24) is 20.9 Å². The van der Waals surface area contributed by atoms with Crippen LogP contribution >= 0.6 is 0 Å². The van der Waals surface area contributed by atoms with Crippen LogP contribution in [0.4, 0.5) is 4.79 Å². The fraction of sp³-hybridized carbons (Fsp3) is 0.615. The largest absolute Gasteiger partial charge is 0.481 e. The van der Waals surface area contributed by atoms with E-state index in [9.17, 15) is 14.4 Å². The van der Waals surface area contributed by atoms with Crippen molar-refractivity contribution in [2.45, 2.75) is 12.5 Å². The lowest BCUT2D eigenvalue weighted by atomic mass is 10.1. The number of nitrogens with one attached hydrogen (secondary N) is 3. The Kier molecular flexibility index (Phi) is 5.15. The summed E-state index contributed by atoms with van der Waals surface area (Å²) in [4.78, 5) is 36.0. The van der Waals surface area contributed by atoms with E-state index in [0.29, 0.717) is 19.5 Å². The average molecular weight is 296 g/mol. The molecule has 1 aliphatic heterocycles. The highest BCUT2D eigenvalue weighted by Gasteiger charge is 2.25. The molecule has 0 aromatic carbocycles. The van der Waals surface area contributed by atoms with Gasteiger partial charge < -0.3 is 26.0 Å². The van der Waals surface area contributed by atoms with E-state index in [0.717, 1.165) is 13.1 Å². The van der Waals surface area contributed by atoms with Crippen molar-refractivity contribution in [2.75, 3.05) is 32.7 Å². The van der Waals surface area contributed by atoms with Crippen LogP contribution in [0.3, 0.4) is 0 Å². The molecule has 1 aliphatic carbocycles. The summed E-state index contributed by atoms with van der Waals surface area (Å²) < 4.78 is 0. The van der Waals surface area contributed by atoms with Crippen LogP contribution in [0, 0.1) is 5.92 Å². The molecular weight excluding hydrogens is 276 g/mol. The molecule has 0 aromatic heterocycles. The second kappa shape index (κ2) is 7.07. The lowest BCUT2D eigenvalue weighted by molar-refractivity contribution is -0.140. The molecule has 1 saturated heterocycles. The molecule has 0 bridgehead atoms. The SMILES string of the molecule is O=C(NCC(=O)N1CCNCC1)NC1C=CC(C(=O)O)C1. The number of carboxylic acid groups (broad SMARTS) is 1. The zero-order chi connectivity index (χ0) is 15.2. The van der Waals surface area contributed by atoms with Crippen molar-refractivity contribution < 1.29 is 19.5 Å². The fourth-order valence-electron chi connectivity index (χ4n) is 2.39. The van der Waals surface area contributed by atoms with Crippen molar-refractivity contribution in [1.29, 1.82) is 0 Å². The second-order valence-electron chi connectivity index (χ2n) is 5.13. The van der Waals surface area contributed by atoms with Gasteiger partial charge in [-0.15, -0.1) is 0 Å². The number of piperazine rings is 1. The molecule has 116 valence electrons. The Labute approximate surface area is 122 Å². The van der Waals surface area contributed by atoms with Gasteiger partial charge in [-0.3, -0.25) is 9.59 Å². The van der Waals surface area contributed by atoms with Gasteiger partial charge in [0.1, 0.15) is 0 Å². The summed E-state index contributed by atoms with van der Waals surface area (Å²) in [6, 6.07) is -0.764. The van der Waals surface area contributed by atoms with Crippen LogP contribution in [-0.2, 0) is 9.59 Å². The fourth-order valence-corrected chi connectivity index (χ4v) is 2.39. The van der Waals surface area contributed by atoms with E-state index >= 15 is 0 Å². The van der Waals surface area contributed by atoms with E-state index in [1.165, 1.54) is 0 Å². The van der Waals surface area contributed by atoms with E-state index < -0.39 is 17.9 Å². The molecule has 21 heavy (non-hydrogen) atoms. The molecule has 3 amide bonds. The monoisotopic (exact) mass is 296 g/mol. The van der Waals surface area contributed by atoms with Gasteiger partial charge in [-0.1, -0.05) is 12.2 Å².